The van der Waals surface area contributed by atoms with Crippen LogP contribution in [0.5, 0.6) is 11.5 Å². The van der Waals surface area contributed by atoms with Crippen LogP contribution < -0.4 is 27.2 Å². The quantitative estimate of drug-likeness (QED) is 0.542. The maximum absolute atomic E-state index is 6.50. The van der Waals surface area contributed by atoms with E-state index in [1.807, 2.05) is 61.7 Å². The minimum atomic E-state index is 0. The van der Waals surface area contributed by atoms with Crippen molar-refractivity contribution in [2.45, 2.75) is 26.6 Å². The van der Waals surface area contributed by atoms with E-state index < -0.39 is 0 Å². The van der Waals surface area contributed by atoms with Gasteiger partial charge in [-0.25, -0.2) is 0 Å². The first-order valence-electron chi connectivity index (χ1n) is 9.08. The molecule has 0 saturated carbocycles. The second kappa shape index (κ2) is 11.9. The lowest BCUT2D eigenvalue weighted by atomic mass is 10.2. The van der Waals surface area contributed by atoms with E-state index in [4.69, 9.17) is 32.7 Å². The SMILES string of the molecule is CCOc1cc(CNCc2cccnc2)cc(Cl)c1OCc1ccccc1Cl.[Cl-]. The van der Waals surface area contributed by atoms with Gasteiger partial charge < -0.3 is 27.2 Å². The minimum absolute atomic E-state index is 0. The minimum Gasteiger partial charge on any atom is -1.00 e. The fourth-order valence-electron chi connectivity index (χ4n) is 2.75. The highest BCUT2D eigenvalue weighted by molar-refractivity contribution is 6.32. The number of nitrogens with one attached hydrogen (secondary N) is 1. The molecule has 154 valence electrons. The van der Waals surface area contributed by atoms with Crippen molar-refractivity contribution in [3.8, 4) is 11.5 Å². The molecule has 0 aliphatic rings. The number of aromatic nitrogens is 1. The van der Waals surface area contributed by atoms with Crippen LogP contribution in [0.2, 0.25) is 10.0 Å². The van der Waals surface area contributed by atoms with Gasteiger partial charge in [0.15, 0.2) is 11.5 Å². The average molecular weight is 453 g/mol. The number of hydrogen-bond donors (Lipinski definition) is 1. The first-order chi connectivity index (χ1) is 13.7. The van der Waals surface area contributed by atoms with Crippen LogP contribution in [0.4, 0.5) is 0 Å². The summed E-state index contributed by atoms with van der Waals surface area (Å²) in [5.41, 5.74) is 3.03. The normalized spacial score (nSPS) is 10.3. The maximum Gasteiger partial charge on any atom is 0.180 e. The van der Waals surface area contributed by atoms with Gasteiger partial charge in [-0.1, -0.05) is 47.5 Å². The molecule has 0 spiro atoms. The van der Waals surface area contributed by atoms with Crippen molar-refractivity contribution in [1.29, 1.82) is 0 Å². The summed E-state index contributed by atoms with van der Waals surface area (Å²) in [7, 11) is 0. The topological polar surface area (TPSA) is 43.4 Å². The van der Waals surface area contributed by atoms with E-state index in [-0.39, 0.29) is 12.4 Å². The van der Waals surface area contributed by atoms with E-state index in [1.54, 1.807) is 6.20 Å². The number of pyridine rings is 1. The highest BCUT2D eigenvalue weighted by Crippen LogP contribution is 2.37. The van der Waals surface area contributed by atoms with Gasteiger partial charge in [0.25, 0.3) is 0 Å². The summed E-state index contributed by atoms with van der Waals surface area (Å²) in [5, 5.41) is 4.56. The summed E-state index contributed by atoms with van der Waals surface area (Å²) >= 11 is 12.7. The number of halogens is 3. The Balaban J connectivity index is 0.00000300. The molecule has 29 heavy (non-hydrogen) atoms. The zero-order valence-corrected chi connectivity index (χ0v) is 18.3. The Hall–Kier alpha value is -1.98. The van der Waals surface area contributed by atoms with Crippen molar-refractivity contribution < 1.29 is 21.9 Å². The Morgan fingerprint density at radius 1 is 0.931 bits per heavy atom. The molecular weight excluding hydrogens is 431 g/mol. The van der Waals surface area contributed by atoms with E-state index in [9.17, 15) is 0 Å². The lowest BCUT2D eigenvalue weighted by Crippen LogP contribution is -3.00. The van der Waals surface area contributed by atoms with Crippen LogP contribution in [0.3, 0.4) is 0 Å². The number of nitrogens with zero attached hydrogens (tertiary/aromatic N) is 1. The summed E-state index contributed by atoms with van der Waals surface area (Å²) in [4.78, 5) is 4.12. The number of benzene rings is 2. The Labute approximate surface area is 187 Å². The monoisotopic (exact) mass is 451 g/mol. The Bertz CT molecular complexity index is 908. The molecule has 1 N–H and O–H groups in total. The van der Waals surface area contributed by atoms with Crippen molar-refractivity contribution in [3.05, 3.63) is 87.7 Å². The number of rotatable bonds is 9. The van der Waals surface area contributed by atoms with Gasteiger partial charge in [-0.2, -0.15) is 0 Å². The Morgan fingerprint density at radius 3 is 2.45 bits per heavy atom. The van der Waals surface area contributed by atoms with Gasteiger partial charge in [0.2, 0.25) is 0 Å². The van der Waals surface area contributed by atoms with Gasteiger partial charge in [-0.15, -0.1) is 0 Å². The third-order valence-electron chi connectivity index (χ3n) is 4.08. The van der Waals surface area contributed by atoms with Crippen LogP contribution >= 0.6 is 23.2 Å². The average Bonchev–Trinajstić information content (AvgIpc) is 2.70. The number of hydrogen-bond acceptors (Lipinski definition) is 4. The van der Waals surface area contributed by atoms with Crippen molar-refractivity contribution in [3.63, 3.8) is 0 Å². The molecule has 7 heteroatoms. The third kappa shape index (κ3) is 6.79. The van der Waals surface area contributed by atoms with Crippen molar-refractivity contribution in [2.75, 3.05) is 6.61 Å². The summed E-state index contributed by atoms with van der Waals surface area (Å²) in [6.45, 7) is 4.14. The molecule has 0 amide bonds. The summed E-state index contributed by atoms with van der Waals surface area (Å²) in [6.07, 6.45) is 3.61. The van der Waals surface area contributed by atoms with E-state index >= 15 is 0 Å². The fourth-order valence-corrected chi connectivity index (χ4v) is 3.22. The summed E-state index contributed by atoms with van der Waals surface area (Å²) < 4.78 is 11.7. The Morgan fingerprint density at radius 2 is 1.72 bits per heavy atom. The van der Waals surface area contributed by atoms with Crippen LogP contribution in [-0.4, -0.2) is 11.6 Å². The van der Waals surface area contributed by atoms with Crippen LogP contribution in [0.1, 0.15) is 23.6 Å². The standard InChI is InChI=1S/C22H22Cl2N2O2.ClH/c1-2-27-21-11-17(14-26-13-16-6-5-9-25-12-16)10-20(24)22(21)28-15-18-7-3-4-8-19(18)23;/h3-12,26H,2,13-15H2,1H3;1H/p-1. The predicted octanol–water partition coefficient (Wildman–Crippen LogP) is 2.66. The predicted molar refractivity (Wildman–Crippen MR) is 113 cm³/mol. The van der Waals surface area contributed by atoms with Crippen molar-refractivity contribution in [2.24, 2.45) is 0 Å². The second-order valence-corrected chi connectivity index (χ2v) is 7.00. The van der Waals surface area contributed by atoms with Gasteiger partial charge in [0.05, 0.1) is 11.6 Å². The highest BCUT2D eigenvalue weighted by atomic mass is 35.5. The molecular formula is C22H22Cl3N2O2-. The largest absolute Gasteiger partial charge is 1.00 e. The van der Waals surface area contributed by atoms with Crippen LogP contribution in [-0.2, 0) is 19.7 Å². The van der Waals surface area contributed by atoms with E-state index in [1.165, 1.54) is 0 Å². The van der Waals surface area contributed by atoms with Crippen LogP contribution in [0.25, 0.3) is 0 Å². The highest BCUT2D eigenvalue weighted by Gasteiger charge is 2.13. The molecule has 0 fully saturated rings. The van der Waals surface area contributed by atoms with Gasteiger partial charge in [0, 0.05) is 36.1 Å². The third-order valence-corrected chi connectivity index (χ3v) is 4.73. The van der Waals surface area contributed by atoms with Crippen LogP contribution in [0.15, 0.2) is 60.9 Å². The molecule has 1 heterocycles. The molecule has 0 saturated heterocycles. The number of ether oxygens (including phenoxy) is 2. The first-order valence-corrected chi connectivity index (χ1v) is 9.84. The summed E-state index contributed by atoms with van der Waals surface area (Å²) in [6, 6.07) is 15.4. The zero-order chi connectivity index (χ0) is 19.8. The zero-order valence-electron chi connectivity index (χ0n) is 16.0. The molecule has 2 aromatic carbocycles. The lowest BCUT2D eigenvalue weighted by Gasteiger charge is -2.16. The molecule has 0 atom stereocenters. The van der Waals surface area contributed by atoms with Gasteiger partial charge in [-0.05, 0) is 42.3 Å². The molecule has 0 aliphatic heterocycles. The fraction of sp³-hybridized carbons (Fsp3) is 0.227. The van der Waals surface area contributed by atoms with Crippen LogP contribution in [0, 0.1) is 0 Å². The molecule has 3 aromatic rings. The maximum atomic E-state index is 6.50. The van der Waals surface area contributed by atoms with E-state index in [0.29, 0.717) is 41.3 Å². The van der Waals surface area contributed by atoms with Gasteiger partial charge in [-0.3, -0.25) is 4.98 Å². The van der Waals surface area contributed by atoms with Gasteiger partial charge >= 0.3 is 0 Å². The van der Waals surface area contributed by atoms with E-state index in [0.717, 1.165) is 23.2 Å². The first kappa shape index (κ1) is 23.3. The Kier molecular flexibility index (Phi) is 9.55. The molecule has 0 bridgehead atoms. The van der Waals surface area contributed by atoms with E-state index in [2.05, 4.69) is 10.3 Å². The molecule has 3 rings (SSSR count). The molecule has 0 radical (unpaired) electrons. The smallest absolute Gasteiger partial charge is 0.180 e. The molecule has 1 aromatic heterocycles. The molecule has 0 unspecified atom stereocenters. The molecule has 0 aliphatic carbocycles. The van der Waals surface area contributed by atoms with Crippen molar-refractivity contribution in [1.82, 2.24) is 10.3 Å². The summed E-state index contributed by atoms with van der Waals surface area (Å²) in [5.74, 6) is 1.15. The lowest BCUT2D eigenvalue weighted by molar-refractivity contribution is -0.00000633. The molecule has 4 nitrogen and oxygen atoms in total. The second-order valence-electron chi connectivity index (χ2n) is 6.18. The van der Waals surface area contributed by atoms with Gasteiger partial charge in [0.1, 0.15) is 6.61 Å². The van der Waals surface area contributed by atoms with Crippen molar-refractivity contribution >= 4 is 23.2 Å².